The van der Waals surface area contributed by atoms with Crippen LogP contribution in [0.4, 0.5) is 10.5 Å². The number of hydrogen-bond donors (Lipinski definition) is 2. The lowest BCUT2D eigenvalue weighted by Gasteiger charge is -2.25. The van der Waals surface area contributed by atoms with Crippen LogP contribution < -0.4 is 16.0 Å². The quantitative estimate of drug-likeness (QED) is 0.879. The molecule has 0 aromatic heterocycles. The summed E-state index contributed by atoms with van der Waals surface area (Å²) in [5.74, 6) is -0.209. The molecule has 114 valence electrons. The fourth-order valence-corrected chi connectivity index (χ4v) is 2.31. The summed E-state index contributed by atoms with van der Waals surface area (Å²) in [6, 6.07) is 4.76. The molecule has 0 saturated carbocycles. The minimum absolute atomic E-state index is 0.0905. The van der Waals surface area contributed by atoms with Crippen LogP contribution in [0.5, 0.6) is 0 Å². The van der Waals surface area contributed by atoms with Gasteiger partial charge in [-0.3, -0.25) is 9.69 Å². The molecule has 1 aliphatic rings. The third-order valence-electron chi connectivity index (χ3n) is 3.67. The molecule has 0 bridgehead atoms. The lowest BCUT2D eigenvalue weighted by Crippen LogP contribution is -2.40. The van der Waals surface area contributed by atoms with E-state index >= 15 is 0 Å². The fourth-order valence-electron chi connectivity index (χ4n) is 2.11. The average Bonchev–Trinajstić information content (AvgIpc) is 2.91. The molecule has 3 N–H and O–H groups in total. The minimum Gasteiger partial charge on any atom is -0.338 e. The summed E-state index contributed by atoms with van der Waals surface area (Å²) in [5, 5.41) is 3.08. The third-order valence-corrected chi connectivity index (χ3v) is 4.00. The van der Waals surface area contributed by atoms with Gasteiger partial charge in [-0.25, -0.2) is 4.79 Å². The Balaban J connectivity index is 2.31. The normalized spacial score (nSPS) is 15.8. The van der Waals surface area contributed by atoms with Crippen LogP contribution in [0.1, 0.15) is 17.3 Å². The zero-order valence-electron chi connectivity index (χ0n) is 12.1. The molecule has 1 atom stereocenters. The number of hydrogen-bond acceptors (Lipinski definition) is 3. The highest BCUT2D eigenvalue weighted by molar-refractivity contribution is 6.34. The van der Waals surface area contributed by atoms with Crippen molar-refractivity contribution in [1.82, 2.24) is 10.2 Å². The van der Waals surface area contributed by atoms with Crippen LogP contribution in [0.25, 0.3) is 0 Å². The number of halogens is 1. The first-order valence-corrected chi connectivity index (χ1v) is 7.15. The lowest BCUT2D eigenvalue weighted by atomic mass is 10.1. The van der Waals surface area contributed by atoms with E-state index in [-0.39, 0.29) is 18.0 Å². The second kappa shape index (κ2) is 6.32. The molecule has 1 aliphatic heterocycles. The van der Waals surface area contributed by atoms with E-state index in [9.17, 15) is 9.59 Å². The highest BCUT2D eigenvalue weighted by Gasteiger charge is 2.24. The smallest absolute Gasteiger partial charge is 0.321 e. The Kier molecular flexibility index (Phi) is 4.69. The summed E-state index contributed by atoms with van der Waals surface area (Å²) >= 11 is 6.13. The van der Waals surface area contributed by atoms with Gasteiger partial charge in [-0.15, -0.1) is 0 Å². The molecule has 0 aliphatic carbocycles. The Labute approximate surface area is 128 Å². The molecule has 2 rings (SSSR count). The number of anilines is 1. The number of nitrogens with zero attached hydrogens (tertiary/aromatic N) is 2. The topological polar surface area (TPSA) is 78.7 Å². The molecule has 6 nitrogen and oxygen atoms in total. The summed E-state index contributed by atoms with van der Waals surface area (Å²) in [6.45, 7) is 3.40. The standard InChI is InChI=1S/C14H19ClN4O2/c1-9(8-16)18(2)13(20)11-7-10(3-4-12(11)15)19-6-5-17-14(19)21/h3-4,7,9H,5-6,8,16H2,1-2H3,(H,17,21)/t9-/m0/s1. The van der Waals surface area contributed by atoms with Crippen molar-refractivity contribution in [2.45, 2.75) is 13.0 Å². The Hall–Kier alpha value is -1.79. The number of carbonyl (C=O) groups is 2. The van der Waals surface area contributed by atoms with Gasteiger partial charge in [0.05, 0.1) is 10.6 Å². The van der Waals surface area contributed by atoms with Gasteiger partial charge >= 0.3 is 6.03 Å². The number of rotatable bonds is 4. The second-order valence-electron chi connectivity index (χ2n) is 5.05. The largest absolute Gasteiger partial charge is 0.338 e. The van der Waals surface area contributed by atoms with E-state index in [1.165, 1.54) is 0 Å². The summed E-state index contributed by atoms with van der Waals surface area (Å²) in [5.41, 5.74) is 6.62. The first-order chi connectivity index (χ1) is 9.95. The first-order valence-electron chi connectivity index (χ1n) is 6.78. The van der Waals surface area contributed by atoms with Gasteiger partial charge < -0.3 is 16.0 Å². The van der Waals surface area contributed by atoms with Crippen LogP contribution in [0.2, 0.25) is 5.02 Å². The van der Waals surface area contributed by atoms with Crippen LogP contribution in [-0.4, -0.2) is 49.6 Å². The van der Waals surface area contributed by atoms with Crippen molar-refractivity contribution in [1.29, 1.82) is 0 Å². The molecule has 1 aromatic carbocycles. The number of nitrogens with two attached hydrogens (primary N) is 1. The van der Waals surface area contributed by atoms with E-state index < -0.39 is 0 Å². The highest BCUT2D eigenvalue weighted by atomic mass is 35.5. The number of urea groups is 1. The average molecular weight is 311 g/mol. The van der Waals surface area contributed by atoms with Gasteiger partial charge in [-0.1, -0.05) is 11.6 Å². The van der Waals surface area contributed by atoms with Crippen LogP contribution in [-0.2, 0) is 0 Å². The van der Waals surface area contributed by atoms with Gasteiger partial charge in [0.25, 0.3) is 5.91 Å². The predicted molar refractivity (Wildman–Crippen MR) is 82.8 cm³/mol. The Morgan fingerprint density at radius 3 is 2.86 bits per heavy atom. The molecular weight excluding hydrogens is 292 g/mol. The van der Waals surface area contributed by atoms with Crippen LogP contribution in [0.15, 0.2) is 18.2 Å². The van der Waals surface area contributed by atoms with E-state index in [1.54, 1.807) is 35.0 Å². The maximum absolute atomic E-state index is 12.5. The van der Waals surface area contributed by atoms with Crippen molar-refractivity contribution in [3.63, 3.8) is 0 Å². The summed E-state index contributed by atoms with van der Waals surface area (Å²) in [7, 11) is 1.69. The number of likely N-dealkylation sites (N-methyl/N-ethyl adjacent to an activating group) is 1. The van der Waals surface area contributed by atoms with Gasteiger partial charge in [0.1, 0.15) is 0 Å². The predicted octanol–water partition coefficient (Wildman–Crippen LogP) is 1.29. The van der Waals surface area contributed by atoms with Gasteiger partial charge in [-0.2, -0.15) is 0 Å². The lowest BCUT2D eigenvalue weighted by molar-refractivity contribution is 0.0748. The Morgan fingerprint density at radius 1 is 1.57 bits per heavy atom. The van der Waals surface area contributed by atoms with Crippen molar-refractivity contribution in [2.24, 2.45) is 5.73 Å². The molecule has 3 amide bonds. The minimum atomic E-state index is -0.209. The van der Waals surface area contributed by atoms with Crippen molar-refractivity contribution >= 4 is 29.2 Å². The zero-order valence-corrected chi connectivity index (χ0v) is 12.9. The fraction of sp³-hybridized carbons (Fsp3) is 0.429. The first kappa shape index (κ1) is 15.6. The van der Waals surface area contributed by atoms with Gasteiger partial charge in [0, 0.05) is 38.4 Å². The molecule has 1 fully saturated rings. The summed E-state index contributed by atoms with van der Waals surface area (Å²) in [4.78, 5) is 27.3. The van der Waals surface area contributed by atoms with Crippen LogP contribution in [0, 0.1) is 0 Å². The van der Waals surface area contributed by atoms with E-state index in [1.807, 2.05) is 6.92 Å². The molecule has 1 aromatic rings. The van der Waals surface area contributed by atoms with Crippen LogP contribution in [0.3, 0.4) is 0 Å². The molecule has 0 unspecified atom stereocenters. The number of benzene rings is 1. The van der Waals surface area contributed by atoms with Gasteiger partial charge in [0.2, 0.25) is 0 Å². The molecule has 7 heteroatoms. The maximum atomic E-state index is 12.5. The number of carbonyl (C=O) groups excluding carboxylic acids is 2. The second-order valence-corrected chi connectivity index (χ2v) is 5.46. The maximum Gasteiger partial charge on any atom is 0.321 e. The molecule has 21 heavy (non-hydrogen) atoms. The molecule has 0 radical (unpaired) electrons. The van der Waals surface area contributed by atoms with Crippen molar-refractivity contribution < 1.29 is 9.59 Å². The van der Waals surface area contributed by atoms with Gasteiger partial charge in [0.15, 0.2) is 0 Å². The Bertz CT molecular complexity index is 564. The monoisotopic (exact) mass is 310 g/mol. The third kappa shape index (κ3) is 3.11. The van der Waals surface area contributed by atoms with Crippen molar-refractivity contribution in [2.75, 3.05) is 31.6 Å². The SMILES string of the molecule is C[C@@H](CN)N(C)C(=O)c1cc(N2CCNC2=O)ccc1Cl. The van der Waals surface area contributed by atoms with Crippen LogP contribution >= 0.6 is 11.6 Å². The van der Waals surface area contributed by atoms with E-state index in [0.717, 1.165) is 0 Å². The number of amides is 3. The van der Waals surface area contributed by atoms with E-state index in [0.29, 0.717) is 35.9 Å². The molecule has 1 saturated heterocycles. The summed E-state index contributed by atoms with van der Waals surface area (Å²) in [6.07, 6.45) is 0. The van der Waals surface area contributed by atoms with E-state index in [4.69, 9.17) is 17.3 Å². The van der Waals surface area contributed by atoms with E-state index in [2.05, 4.69) is 5.32 Å². The molecule has 1 heterocycles. The summed E-state index contributed by atoms with van der Waals surface area (Å²) < 4.78 is 0. The molecule has 0 spiro atoms. The molecular formula is C14H19ClN4O2. The van der Waals surface area contributed by atoms with Crippen molar-refractivity contribution in [3.8, 4) is 0 Å². The van der Waals surface area contributed by atoms with Gasteiger partial charge in [-0.05, 0) is 25.1 Å². The Morgan fingerprint density at radius 2 is 2.29 bits per heavy atom. The zero-order chi connectivity index (χ0) is 15.6. The van der Waals surface area contributed by atoms with Crippen molar-refractivity contribution in [3.05, 3.63) is 28.8 Å². The number of nitrogens with one attached hydrogen (secondary N) is 1. The highest BCUT2D eigenvalue weighted by Crippen LogP contribution is 2.25.